The second-order valence-corrected chi connectivity index (χ2v) is 7.03. The van der Waals surface area contributed by atoms with Gasteiger partial charge in [0.1, 0.15) is 11.4 Å². The van der Waals surface area contributed by atoms with Crippen molar-refractivity contribution in [1.29, 1.82) is 0 Å². The number of carboxylic acids is 1. The van der Waals surface area contributed by atoms with Gasteiger partial charge in [0.05, 0.1) is 11.6 Å². The number of H-pyrrole nitrogens is 1. The van der Waals surface area contributed by atoms with E-state index in [0.29, 0.717) is 37.4 Å². The summed E-state index contributed by atoms with van der Waals surface area (Å²) in [5.41, 5.74) is -0.297. The number of aryl methyl sites for hydroxylation is 1. The van der Waals surface area contributed by atoms with E-state index >= 15 is 0 Å². The number of rotatable bonds is 2. The molecule has 2 heterocycles. The normalized spacial score (nSPS) is 16.4. The van der Waals surface area contributed by atoms with Crippen molar-refractivity contribution < 1.29 is 14.7 Å². The van der Waals surface area contributed by atoms with Gasteiger partial charge in [0, 0.05) is 18.5 Å². The largest absolute Gasteiger partial charge is 0.481 e. The monoisotopic (exact) mass is 321 g/mol. The molecule has 0 spiro atoms. The smallest absolute Gasteiger partial charge is 0.306 e. The zero-order valence-electron chi connectivity index (χ0n) is 14.0. The Bertz CT molecular complexity index is 680. The summed E-state index contributed by atoms with van der Waals surface area (Å²) < 4.78 is 0. The van der Waals surface area contributed by atoms with Crippen molar-refractivity contribution in [1.82, 2.24) is 14.9 Å². The summed E-state index contributed by atoms with van der Waals surface area (Å²) in [6, 6.07) is 0. The number of likely N-dealkylation sites (tertiary alicyclic amines) is 1. The Morgan fingerprint density at radius 2 is 1.83 bits per heavy atom. The Kier molecular flexibility index (Phi) is 4.58. The number of amides is 1. The minimum absolute atomic E-state index is 0.0479. The van der Waals surface area contributed by atoms with Crippen LogP contribution >= 0.6 is 0 Å². The van der Waals surface area contributed by atoms with Crippen LogP contribution < -0.4 is 5.56 Å². The number of hydrogen-bond donors (Lipinski definition) is 2. The highest BCUT2D eigenvalue weighted by atomic mass is 16.4. The first-order valence-electron chi connectivity index (χ1n) is 7.74. The van der Waals surface area contributed by atoms with Gasteiger partial charge in [0.2, 0.25) is 0 Å². The molecule has 1 aromatic heterocycles. The molecule has 0 unspecified atom stereocenters. The second-order valence-electron chi connectivity index (χ2n) is 7.03. The first-order valence-corrected chi connectivity index (χ1v) is 7.74. The van der Waals surface area contributed by atoms with Crippen LogP contribution in [-0.4, -0.2) is 44.9 Å². The molecule has 7 heteroatoms. The number of piperidine rings is 1. The van der Waals surface area contributed by atoms with E-state index in [9.17, 15) is 14.4 Å². The van der Waals surface area contributed by atoms with E-state index < -0.39 is 17.4 Å². The van der Waals surface area contributed by atoms with Gasteiger partial charge < -0.3 is 15.0 Å². The minimum atomic E-state index is -0.831. The van der Waals surface area contributed by atoms with Crippen LogP contribution in [0.15, 0.2) is 4.79 Å². The van der Waals surface area contributed by atoms with Crippen LogP contribution in [0, 0.1) is 12.8 Å². The molecule has 7 nitrogen and oxygen atoms in total. The van der Waals surface area contributed by atoms with Crippen molar-refractivity contribution >= 4 is 11.9 Å². The van der Waals surface area contributed by atoms with Crippen molar-refractivity contribution in [2.45, 2.75) is 46.0 Å². The molecule has 2 rings (SSSR count). The van der Waals surface area contributed by atoms with Gasteiger partial charge in [-0.15, -0.1) is 0 Å². The van der Waals surface area contributed by atoms with Gasteiger partial charge in [-0.05, 0) is 19.8 Å². The first-order chi connectivity index (χ1) is 10.6. The van der Waals surface area contributed by atoms with Gasteiger partial charge in [-0.25, -0.2) is 4.98 Å². The predicted molar refractivity (Wildman–Crippen MR) is 84.6 cm³/mol. The van der Waals surface area contributed by atoms with Gasteiger partial charge in [0.25, 0.3) is 11.5 Å². The Morgan fingerprint density at radius 1 is 1.26 bits per heavy atom. The molecule has 126 valence electrons. The zero-order chi connectivity index (χ0) is 17.4. The van der Waals surface area contributed by atoms with Gasteiger partial charge in [0.15, 0.2) is 0 Å². The lowest BCUT2D eigenvalue weighted by atomic mass is 9.95. The number of nitrogens with zero attached hydrogens (tertiary/aromatic N) is 2. The summed E-state index contributed by atoms with van der Waals surface area (Å²) in [4.78, 5) is 44.5. The Hall–Kier alpha value is -2.18. The second kappa shape index (κ2) is 6.14. The van der Waals surface area contributed by atoms with Crippen LogP contribution in [0.3, 0.4) is 0 Å². The molecule has 1 saturated heterocycles. The third kappa shape index (κ3) is 3.60. The topological polar surface area (TPSA) is 103 Å². The van der Waals surface area contributed by atoms with Crippen molar-refractivity contribution in [3.05, 3.63) is 27.4 Å². The van der Waals surface area contributed by atoms with Crippen LogP contribution in [0.1, 0.15) is 55.5 Å². The highest BCUT2D eigenvalue weighted by molar-refractivity contribution is 5.95. The number of carboxylic acid groups (broad SMARTS) is 1. The highest BCUT2D eigenvalue weighted by Crippen LogP contribution is 2.20. The number of aromatic nitrogens is 2. The minimum Gasteiger partial charge on any atom is -0.481 e. The number of hydrogen-bond acceptors (Lipinski definition) is 4. The fourth-order valence-corrected chi connectivity index (χ4v) is 2.68. The maximum absolute atomic E-state index is 12.6. The van der Waals surface area contributed by atoms with Gasteiger partial charge in [-0.1, -0.05) is 20.8 Å². The standard InChI is InChI=1S/C16H23N3O4/c1-9-11(12(20)18-15(17-9)16(2,3)4)13(21)19-7-5-10(6-8-19)14(22)23/h10H,5-8H2,1-4H3,(H,22,23)(H,17,18,20). The lowest BCUT2D eigenvalue weighted by Gasteiger charge is -2.30. The molecule has 0 radical (unpaired) electrons. The number of aromatic amines is 1. The van der Waals surface area contributed by atoms with E-state index in [4.69, 9.17) is 5.11 Å². The van der Waals surface area contributed by atoms with Crippen LogP contribution in [0.25, 0.3) is 0 Å². The number of aliphatic carboxylic acids is 1. The molecule has 2 N–H and O–H groups in total. The first kappa shape index (κ1) is 17.2. The summed E-state index contributed by atoms with van der Waals surface area (Å²) in [5, 5.41) is 9.01. The number of nitrogens with one attached hydrogen (secondary N) is 1. The fourth-order valence-electron chi connectivity index (χ4n) is 2.68. The maximum Gasteiger partial charge on any atom is 0.306 e. The molecule has 0 aliphatic carbocycles. The SMILES string of the molecule is Cc1nc(C(C)(C)C)[nH]c(=O)c1C(=O)N1CCC(C(=O)O)CC1. The summed E-state index contributed by atoms with van der Waals surface area (Å²) in [5.74, 6) is -1.08. The zero-order valence-corrected chi connectivity index (χ0v) is 14.0. The number of carbonyl (C=O) groups excluding carboxylic acids is 1. The third-order valence-electron chi connectivity index (χ3n) is 4.16. The molecule has 1 aliphatic rings. The van der Waals surface area contributed by atoms with Gasteiger partial charge >= 0.3 is 5.97 Å². The summed E-state index contributed by atoms with van der Waals surface area (Å²) in [7, 11) is 0. The van der Waals surface area contributed by atoms with Crippen molar-refractivity contribution in [3.63, 3.8) is 0 Å². The molecule has 1 fully saturated rings. The molecule has 0 bridgehead atoms. The fraction of sp³-hybridized carbons (Fsp3) is 0.625. The molecule has 0 atom stereocenters. The predicted octanol–water partition coefficient (Wildman–Crippen LogP) is 1.31. The van der Waals surface area contributed by atoms with E-state index in [1.807, 2.05) is 20.8 Å². The number of carbonyl (C=O) groups is 2. The van der Waals surface area contributed by atoms with E-state index in [1.165, 1.54) is 4.90 Å². The molecule has 0 saturated carbocycles. The van der Waals surface area contributed by atoms with Gasteiger partial charge in [-0.3, -0.25) is 14.4 Å². The quantitative estimate of drug-likeness (QED) is 0.855. The van der Waals surface area contributed by atoms with Crippen LogP contribution in [0.4, 0.5) is 0 Å². The Balaban J connectivity index is 2.24. The molecular weight excluding hydrogens is 298 g/mol. The van der Waals surface area contributed by atoms with Crippen LogP contribution in [0.2, 0.25) is 0 Å². The summed E-state index contributed by atoms with van der Waals surface area (Å²) >= 11 is 0. The molecule has 1 amide bonds. The maximum atomic E-state index is 12.6. The Labute approximate surface area is 134 Å². The van der Waals surface area contributed by atoms with Crippen LogP contribution in [-0.2, 0) is 10.2 Å². The van der Waals surface area contributed by atoms with Crippen LogP contribution in [0.5, 0.6) is 0 Å². The van der Waals surface area contributed by atoms with Gasteiger partial charge in [-0.2, -0.15) is 0 Å². The molecule has 1 aromatic rings. The molecular formula is C16H23N3O4. The van der Waals surface area contributed by atoms with E-state index in [0.717, 1.165) is 0 Å². The van der Waals surface area contributed by atoms with E-state index in [2.05, 4.69) is 9.97 Å². The van der Waals surface area contributed by atoms with Crippen molar-refractivity contribution in [3.8, 4) is 0 Å². The molecule has 0 aromatic carbocycles. The van der Waals surface area contributed by atoms with E-state index in [-0.39, 0.29) is 16.9 Å². The summed E-state index contributed by atoms with van der Waals surface area (Å²) in [6.45, 7) is 8.14. The lowest BCUT2D eigenvalue weighted by molar-refractivity contribution is -0.143. The third-order valence-corrected chi connectivity index (χ3v) is 4.16. The Morgan fingerprint density at radius 3 is 2.26 bits per heavy atom. The highest BCUT2D eigenvalue weighted by Gasteiger charge is 2.30. The summed E-state index contributed by atoms with van der Waals surface area (Å²) in [6.07, 6.45) is 0.817. The molecule has 1 aliphatic heterocycles. The van der Waals surface area contributed by atoms with E-state index in [1.54, 1.807) is 6.92 Å². The average molecular weight is 321 g/mol. The lowest BCUT2D eigenvalue weighted by Crippen LogP contribution is -2.43. The van der Waals surface area contributed by atoms with Crippen molar-refractivity contribution in [2.75, 3.05) is 13.1 Å². The van der Waals surface area contributed by atoms with Crippen molar-refractivity contribution in [2.24, 2.45) is 5.92 Å². The molecule has 23 heavy (non-hydrogen) atoms. The average Bonchev–Trinajstić information content (AvgIpc) is 2.45.